The van der Waals surface area contributed by atoms with Gasteiger partial charge in [0.15, 0.2) is 0 Å². The molecule has 6 heteroatoms. The van der Waals surface area contributed by atoms with Gasteiger partial charge in [0, 0.05) is 13.0 Å². The third kappa shape index (κ3) is 5.33. The summed E-state index contributed by atoms with van der Waals surface area (Å²) in [5.74, 6) is 0.111. The topological polar surface area (TPSA) is 86.6 Å². The Hall–Kier alpha value is -0.170. The van der Waals surface area contributed by atoms with Crippen LogP contribution in [0.3, 0.4) is 0 Å². The van der Waals surface area contributed by atoms with Gasteiger partial charge in [-0.3, -0.25) is 0 Å². The Labute approximate surface area is 103 Å². The van der Waals surface area contributed by atoms with Gasteiger partial charge in [-0.15, -0.1) is 0 Å². The second-order valence-electron chi connectivity index (χ2n) is 4.97. The van der Waals surface area contributed by atoms with E-state index >= 15 is 0 Å². The van der Waals surface area contributed by atoms with Gasteiger partial charge in [-0.05, 0) is 19.3 Å². The first-order chi connectivity index (χ1) is 7.87. The lowest BCUT2D eigenvalue weighted by atomic mass is 10.0. The van der Waals surface area contributed by atoms with Crippen LogP contribution in [-0.4, -0.2) is 42.6 Å². The molecule has 0 spiro atoms. The average Bonchev–Trinajstić information content (AvgIpc) is 2.57. The van der Waals surface area contributed by atoms with Crippen molar-refractivity contribution >= 4 is 10.0 Å². The van der Waals surface area contributed by atoms with E-state index in [1.54, 1.807) is 0 Å². The van der Waals surface area contributed by atoms with Gasteiger partial charge < -0.3 is 10.2 Å². The Balaban J connectivity index is 2.34. The van der Waals surface area contributed by atoms with Gasteiger partial charge in [0.1, 0.15) is 0 Å². The molecule has 0 amide bonds. The van der Waals surface area contributed by atoms with Crippen molar-refractivity contribution < 1.29 is 18.6 Å². The summed E-state index contributed by atoms with van der Waals surface area (Å²) >= 11 is 0. The quantitative estimate of drug-likeness (QED) is 0.581. The van der Waals surface area contributed by atoms with Gasteiger partial charge in [0.05, 0.1) is 17.5 Å². The number of hydrogen-bond donors (Lipinski definition) is 3. The summed E-state index contributed by atoms with van der Waals surface area (Å²) in [6, 6.07) is 0. The van der Waals surface area contributed by atoms with E-state index in [1.165, 1.54) is 0 Å². The fourth-order valence-corrected chi connectivity index (χ4v) is 3.31. The lowest BCUT2D eigenvalue weighted by Gasteiger charge is -2.22. The van der Waals surface area contributed by atoms with Crippen LogP contribution in [0.15, 0.2) is 0 Å². The molecule has 17 heavy (non-hydrogen) atoms. The Bertz CT molecular complexity index is 330. The lowest BCUT2D eigenvalue weighted by Crippen LogP contribution is -2.42. The van der Waals surface area contributed by atoms with Crippen molar-refractivity contribution in [1.82, 2.24) is 4.72 Å². The molecule has 3 N–H and O–H groups in total. The van der Waals surface area contributed by atoms with Gasteiger partial charge >= 0.3 is 0 Å². The van der Waals surface area contributed by atoms with E-state index in [1.807, 2.05) is 6.92 Å². The maximum Gasteiger partial charge on any atom is 0.211 e. The van der Waals surface area contributed by atoms with Crippen molar-refractivity contribution in [2.24, 2.45) is 0 Å². The number of rotatable bonds is 7. The van der Waals surface area contributed by atoms with Crippen LogP contribution in [0.4, 0.5) is 0 Å². The molecule has 1 fully saturated rings. The molecule has 0 heterocycles. The Morgan fingerprint density at radius 3 is 2.65 bits per heavy atom. The summed E-state index contributed by atoms with van der Waals surface area (Å²) in [6.07, 6.45) is 3.25. The molecule has 1 rings (SSSR count). The van der Waals surface area contributed by atoms with Gasteiger partial charge in [-0.25, -0.2) is 13.1 Å². The highest BCUT2D eigenvalue weighted by Gasteiger charge is 2.37. The van der Waals surface area contributed by atoms with Crippen molar-refractivity contribution in [3.63, 3.8) is 0 Å². The van der Waals surface area contributed by atoms with Crippen LogP contribution < -0.4 is 4.72 Å². The number of nitrogens with one attached hydrogen (secondary N) is 1. The van der Waals surface area contributed by atoms with E-state index < -0.39 is 21.7 Å². The molecule has 102 valence electrons. The van der Waals surface area contributed by atoms with Crippen LogP contribution in [-0.2, 0) is 10.0 Å². The van der Waals surface area contributed by atoms with Gasteiger partial charge in [0.25, 0.3) is 0 Å². The van der Waals surface area contributed by atoms with E-state index in [-0.39, 0.29) is 18.7 Å². The predicted molar refractivity (Wildman–Crippen MR) is 66.1 cm³/mol. The first-order valence-electron chi connectivity index (χ1n) is 6.25. The number of sulfonamides is 1. The Morgan fingerprint density at radius 1 is 1.41 bits per heavy atom. The maximum absolute atomic E-state index is 11.6. The average molecular weight is 265 g/mol. The zero-order chi connectivity index (χ0) is 12.9. The van der Waals surface area contributed by atoms with E-state index in [0.29, 0.717) is 19.3 Å². The molecule has 2 unspecified atom stereocenters. The first-order valence-corrected chi connectivity index (χ1v) is 7.90. The Morgan fingerprint density at radius 2 is 2.12 bits per heavy atom. The molecule has 0 radical (unpaired) electrons. The van der Waals surface area contributed by atoms with E-state index in [9.17, 15) is 18.6 Å². The third-order valence-electron chi connectivity index (χ3n) is 3.20. The van der Waals surface area contributed by atoms with Crippen LogP contribution in [0.2, 0.25) is 0 Å². The summed E-state index contributed by atoms with van der Waals surface area (Å²) in [5, 5.41) is 19.3. The fraction of sp³-hybridized carbons (Fsp3) is 1.00. The van der Waals surface area contributed by atoms with Crippen molar-refractivity contribution in [3.05, 3.63) is 0 Å². The second kappa shape index (κ2) is 6.13. The molecule has 0 aromatic heterocycles. The summed E-state index contributed by atoms with van der Waals surface area (Å²) in [7, 11) is -3.29. The third-order valence-corrected chi connectivity index (χ3v) is 4.61. The van der Waals surface area contributed by atoms with Crippen LogP contribution in [0, 0.1) is 0 Å². The second-order valence-corrected chi connectivity index (χ2v) is 6.89. The number of aliphatic hydroxyl groups is 2. The highest BCUT2D eigenvalue weighted by atomic mass is 32.2. The monoisotopic (exact) mass is 265 g/mol. The van der Waals surface area contributed by atoms with Crippen LogP contribution in [0.5, 0.6) is 0 Å². The molecule has 1 saturated carbocycles. The maximum atomic E-state index is 11.6. The summed E-state index contributed by atoms with van der Waals surface area (Å²) < 4.78 is 25.6. The van der Waals surface area contributed by atoms with Crippen molar-refractivity contribution in [1.29, 1.82) is 0 Å². The minimum Gasteiger partial charge on any atom is -0.393 e. The summed E-state index contributed by atoms with van der Waals surface area (Å²) in [6.45, 7) is 2.03. The van der Waals surface area contributed by atoms with Crippen molar-refractivity contribution in [2.75, 3.05) is 12.3 Å². The van der Waals surface area contributed by atoms with Gasteiger partial charge in [0.2, 0.25) is 10.0 Å². The van der Waals surface area contributed by atoms with E-state index in [4.69, 9.17) is 0 Å². The standard InChI is InChI=1S/C11H23NO4S/c1-2-3-4-7-17(15,16)12-9-11(14)6-5-10(13)8-11/h10,12-14H,2-9H2,1H3. The molecule has 5 nitrogen and oxygen atoms in total. The van der Waals surface area contributed by atoms with Gasteiger partial charge in [-0.2, -0.15) is 0 Å². The van der Waals surface area contributed by atoms with Crippen LogP contribution >= 0.6 is 0 Å². The first kappa shape index (κ1) is 14.9. The number of unbranched alkanes of at least 4 members (excludes halogenated alkanes) is 2. The fourth-order valence-electron chi connectivity index (χ4n) is 2.10. The van der Waals surface area contributed by atoms with E-state index in [2.05, 4.69) is 4.72 Å². The molecule has 0 aliphatic heterocycles. The molecule has 2 atom stereocenters. The highest BCUT2D eigenvalue weighted by molar-refractivity contribution is 7.89. The SMILES string of the molecule is CCCCCS(=O)(=O)NCC1(O)CCC(O)C1. The molecule has 0 saturated heterocycles. The number of aliphatic hydroxyl groups excluding tert-OH is 1. The van der Waals surface area contributed by atoms with Crippen molar-refractivity contribution in [3.8, 4) is 0 Å². The summed E-state index contributed by atoms with van der Waals surface area (Å²) in [5.41, 5.74) is -1.07. The minimum absolute atomic E-state index is 0.0124. The predicted octanol–water partition coefficient (Wildman–Crippen LogP) is 0.372. The van der Waals surface area contributed by atoms with Crippen molar-refractivity contribution in [2.45, 2.75) is 57.2 Å². The summed E-state index contributed by atoms with van der Waals surface area (Å²) in [4.78, 5) is 0. The molecule has 1 aliphatic carbocycles. The molecular weight excluding hydrogens is 242 g/mol. The number of hydrogen-bond acceptors (Lipinski definition) is 4. The Kier molecular flexibility index (Phi) is 5.37. The molecule has 1 aliphatic rings. The highest BCUT2D eigenvalue weighted by Crippen LogP contribution is 2.29. The minimum atomic E-state index is -3.29. The van der Waals surface area contributed by atoms with Gasteiger partial charge in [-0.1, -0.05) is 19.8 Å². The van der Waals surface area contributed by atoms with Crippen LogP contribution in [0.25, 0.3) is 0 Å². The molecule has 0 aromatic carbocycles. The lowest BCUT2D eigenvalue weighted by molar-refractivity contribution is 0.0374. The molecule has 0 bridgehead atoms. The molecule has 0 aromatic rings. The van der Waals surface area contributed by atoms with E-state index in [0.717, 1.165) is 12.8 Å². The van der Waals surface area contributed by atoms with Crippen LogP contribution in [0.1, 0.15) is 45.4 Å². The normalized spacial score (nSPS) is 29.7. The largest absolute Gasteiger partial charge is 0.393 e. The zero-order valence-corrected chi connectivity index (χ0v) is 11.2. The smallest absolute Gasteiger partial charge is 0.211 e. The molecular formula is C11H23NO4S. The zero-order valence-electron chi connectivity index (χ0n) is 10.4.